The number of carbonyl (C=O) groups excluding carboxylic acids is 2. The Kier molecular flexibility index (Phi) is 9.86. The van der Waals surface area contributed by atoms with E-state index in [0.29, 0.717) is 51.2 Å². The monoisotopic (exact) mass is 526 g/mol. The van der Waals surface area contributed by atoms with Crippen molar-refractivity contribution >= 4 is 23.3 Å². The second kappa shape index (κ2) is 13.3. The van der Waals surface area contributed by atoms with E-state index in [1.54, 1.807) is 70.5 Å². The van der Waals surface area contributed by atoms with E-state index >= 15 is 0 Å². The number of methoxy groups -OCH3 is 4. The third-order valence-corrected chi connectivity index (χ3v) is 5.86. The van der Waals surface area contributed by atoms with Crippen molar-refractivity contribution in [1.82, 2.24) is 0 Å². The standard InChI is InChI=1S/C28H34N2O8/c1-7-37-27(31)19-15-24(30-22-12-10-18(34-4)14-26(22)36-6)20(28(32)38-8-2)16-23(19)29-21-11-9-17(33-3)13-25(21)35-5/h9-15,23,29-30H,7-8,16H2,1-6H3. The number of benzene rings is 2. The molecule has 1 unspecified atom stereocenters. The maximum atomic E-state index is 13.1. The molecular formula is C28H34N2O8. The molecule has 1 aliphatic rings. The lowest BCUT2D eigenvalue weighted by Crippen LogP contribution is -2.34. The molecule has 0 saturated carbocycles. The van der Waals surface area contributed by atoms with Crippen molar-refractivity contribution in [3.05, 3.63) is 59.3 Å². The molecule has 0 bridgehead atoms. The summed E-state index contributed by atoms with van der Waals surface area (Å²) < 4.78 is 32.3. The van der Waals surface area contributed by atoms with Crippen molar-refractivity contribution in [2.24, 2.45) is 0 Å². The predicted octanol–water partition coefficient (Wildman–Crippen LogP) is 4.32. The highest BCUT2D eigenvalue weighted by Gasteiger charge is 2.33. The molecule has 0 fully saturated rings. The molecule has 0 aliphatic heterocycles. The van der Waals surface area contributed by atoms with Gasteiger partial charge in [-0.05, 0) is 44.2 Å². The van der Waals surface area contributed by atoms with Crippen molar-refractivity contribution < 1.29 is 38.0 Å². The van der Waals surface area contributed by atoms with Gasteiger partial charge in [0, 0.05) is 24.3 Å². The van der Waals surface area contributed by atoms with Crippen LogP contribution in [0.2, 0.25) is 0 Å². The Morgan fingerprint density at radius 2 is 1.34 bits per heavy atom. The zero-order chi connectivity index (χ0) is 27.7. The molecule has 3 rings (SSSR count). The molecule has 0 radical (unpaired) electrons. The van der Waals surface area contributed by atoms with E-state index in [0.717, 1.165) is 0 Å². The van der Waals surface area contributed by atoms with Crippen LogP contribution in [0.5, 0.6) is 23.0 Å². The Bertz CT molecular complexity index is 1220. The van der Waals surface area contributed by atoms with Gasteiger partial charge in [0.25, 0.3) is 0 Å². The van der Waals surface area contributed by atoms with Gasteiger partial charge in [-0.3, -0.25) is 0 Å². The Morgan fingerprint density at radius 3 is 1.89 bits per heavy atom. The van der Waals surface area contributed by atoms with Crippen LogP contribution in [0.3, 0.4) is 0 Å². The Hall–Kier alpha value is -4.34. The second-order valence-electron chi connectivity index (χ2n) is 8.09. The molecule has 0 aromatic heterocycles. The van der Waals surface area contributed by atoms with Gasteiger partial charge in [-0.25, -0.2) is 9.59 Å². The minimum absolute atomic E-state index is 0.138. The van der Waals surface area contributed by atoms with E-state index in [1.165, 1.54) is 14.2 Å². The van der Waals surface area contributed by atoms with Gasteiger partial charge in [0.2, 0.25) is 0 Å². The van der Waals surface area contributed by atoms with Crippen LogP contribution < -0.4 is 29.6 Å². The summed E-state index contributed by atoms with van der Waals surface area (Å²) in [5.41, 5.74) is 2.27. The SMILES string of the molecule is CCOC(=O)C1=CC(Nc2ccc(OC)cc2OC)=C(C(=O)OCC)CC1Nc1ccc(OC)cc1OC. The molecule has 0 saturated heterocycles. The number of esters is 2. The van der Waals surface area contributed by atoms with Crippen LogP contribution in [-0.4, -0.2) is 59.6 Å². The Morgan fingerprint density at radius 1 is 0.789 bits per heavy atom. The summed E-state index contributed by atoms with van der Waals surface area (Å²) in [6.07, 6.45) is 1.74. The fourth-order valence-corrected chi connectivity index (χ4v) is 3.99. The van der Waals surface area contributed by atoms with Crippen LogP contribution >= 0.6 is 0 Å². The zero-order valence-electron chi connectivity index (χ0n) is 22.5. The highest BCUT2D eigenvalue weighted by atomic mass is 16.5. The largest absolute Gasteiger partial charge is 0.497 e. The second-order valence-corrected chi connectivity index (χ2v) is 8.09. The summed E-state index contributed by atoms with van der Waals surface area (Å²) in [5.74, 6) is 1.22. The first-order valence-corrected chi connectivity index (χ1v) is 12.2. The van der Waals surface area contributed by atoms with Gasteiger partial charge in [-0.1, -0.05) is 0 Å². The molecule has 2 N–H and O–H groups in total. The number of hydrogen-bond donors (Lipinski definition) is 2. The molecule has 0 amide bonds. The van der Waals surface area contributed by atoms with Crippen molar-refractivity contribution in [3.8, 4) is 23.0 Å². The lowest BCUT2D eigenvalue weighted by molar-refractivity contribution is -0.140. The highest BCUT2D eigenvalue weighted by Crippen LogP contribution is 2.36. The maximum Gasteiger partial charge on any atom is 0.336 e. The van der Waals surface area contributed by atoms with E-state index in [2.05, 4.69) is 10.6 Å². The highest BCUT2D eigenvalue weighted by molar-refractivity contribution is 5.97. The van der Waals surface area contributed by atoms with Gasteiger partial charge in [-0.15, -0.1) is 0 Å². The van der Waals surface area contributed by atoms with Crippen LogP contribution in [-0.2, 0) is 19.1 Å². The lowest BCUT2D eigenvalue weighted by Gasteiger charge is -2.29. The predicted molar refractivity (Wildman–Crippen MR) is 143 cm³/mol. The number of ether oxygens (including phenoxy) is 6. The third kappa shape index (κ3) is 6.50. The van der Waals surface area contributed by atoms with Crippen molar-refractivity contribution in [1.29, 1.82) is 0 Å². The van der Waals surface area contributed by atoms with Crippen LogP contribution in [0.1, 0.15) is 20.3 Å². The quantitative estimate of drug-likeness (QED) is 0.388. The summed E-state index contributed by atoms with van der Waals surface area (Å²) in [6, 6.07) is 9.90. The summed E-state index contributed by atoms with van der Waals surface area (Å²) >= 11 is 0. The summed E-state index contributed by atoms with van der Waals surface area (Å²) in [4.78, 5) is 26.1. The maximum absolute atomic E-state index is 13.1. The first-order valence-electron chi connectivity index (χ1n) is 12.2. The van der Waals surface area contributed by atoms with Crippen LogP contribution in [0, 0.1) is 0 Å². The molecule has 204 valence electrons. The first kappa shape index (κ1) is 28.2. The van der Waals surface area contributed by atoms with Crippen LogP contribution in [0.15, 0.2) is 59.3 Å². The Balaban J connectivity index is 2.07. The molecule has 38 heavy (non-hydrogen) atoms. The number of rotatable bonds is 12. The Labute approximate surface area is 222 Å². The van der Waals surface area contributed by atoms with Gasteiger partial charge in [0.15, 0.2) is 0 Å². The molecule has 0 spiro atoms. The topological polar surface area (TPSA) is 114 Å². The first-order chi connectivity index (χ1) is 18.4. The fraction of sp³-hybridized carbons (Fsp3) is 0.357. The van der Waals surface area contributed by atoms with Crippen molar-refractivity contribution in [2.45, 2.75) is 26.3 Å². The van der Waals surface area contributed by atoms with Crippen LogP contribution in [0.4, 0.5) is 11.4 Å². The number of carbonyl (C=O) groups is 2. The molecule has 10 nitrogen and oxygen atoms in total. The molecule has 10 heteroatoms. The van der Waals surface area contributed by atoms with Crippen molar-refractivity contribution in [3.63, 3.8) is 0 Å². The van der Waals surface area contributed by atoms with Gasteiger partial charge in [0.1, 0.15) is 23.0 Å². The van der Waals surface area contributed by atoms with Gasteiger partial charge < -0.3 is 39.1 Å². The normalized spacial score (nSPS) is 14.7. The average Bonchev–Trinajstić information content (AvgIpc) is 2.94. The van der Waals surface area contributed by atoms with Gasteiger partial charge >= 0.3 is 11.9 Å². The lowest BCUT2D eigenvalue weighted by atomic mass is 9.90. The number of anilines is 2. The fourth-order valence-electron chi connectivity index (χ4n) is 3.99. The molecular weight excluding hydrogens is 492 g/mol. The molecule has 2 aromatic carbocycles. The molecule has 0 heterocycles. The number of nitrogens with one attached hydrogen (secondary N) is 2. The van der Waals surface area contributed by atoms with E-state index in [4.69, 9.17) is 28.4 Å². The zero-order valence-corrected chi connectivity index (χ0v) is 22.5. The van der Waals surface area contributed by atoms with Gasteiger partial charge in [-0.2, -0.15) is 0 Å². The smallest absolute Gasteiger partial charge is 0.336 e. The minimum Gasteiger partial charge on any atom is -0.497 e. The summed E-state index contributed by atoms with van der Waals surface area (Å²) in [5, 5.41) is 6.56. The summed E-state index contributed by atoms with van der Waals surface area (Å²) in [7, 11) is 6.19. The van der Waals surface area contributed by atoms with E-state index in [9.17, 15) is 9.59 Å². The van der Waals surface area contributed by atoms with E-state index < -0.39 is 18.0 Å². The van der Waals surface area contributed by atoms with Gasteiger partial charge in [0.05, 0.1) is 70.2 Å². The number of allylic oxidation sites excluding steroid dienone is 1. The van der Waals surface area contributed by atoms with Crippen molar-refractivity contribution in [2.75, 3.05) is 52.3 Å². The van der Waals surface area contributed by atoms with E-state index in [-0.39, 0.29) is 19.6 Å². The molecule has 1 aliphatic carbocycles. The van der Waals surface area contributed by atoms with E-state index in [1.807, 2.05) is 0 Å². The minimum atomic E-state index is -0.612. The average molecular weight is 527 g/mol. The molecule has 1 atom stereocenters. The third-order valence-electron chi connectivity index (χ3n) is 5.86. The van der Waals surface area contributed by atoms with Crippen LogP contribution in [0.25, 0.3) is 0 Å². The molecule has 2 aromatic rings. The number of hydrogen-bond acceptors (Lipinski definition) is 10. The summed E-state index contributed by atoms with van der Waals surface area (Å²) in [6.45, 7) is 3.86.